The van der Waals surface area contributed by atoms with E-state index in [9.17, 15) is 9.59 Å². The first-order valence-corrected chi connectivity index (χ1v) is 10.3. The van der Waals surface area contributed by atoms with E-state index in [0.717, 1.165) is 28.6 Å². The highest BCUT2D eigenvalue weighted by molar-refractivity contribution is 8.05. The SMILES string of the molecule is CCc1ccc(NC2NC(=O)C(=Cc3cn(CC(=O)O)c4ccccc34)S2)cc1. The normalized spacial score (nSPS) is 17.6. The van der Waals surface area contributed by atoms with Gasteiger partial charge in [0.25, 0.3) is 5.91 Å². The molecule has 3 aromatic rings. The molecule has 0 radical (unpaired) electrons. The van der Waals surface area contributed by atoms with Crippen molar-refractivity contribution < 1.29 is 14.7 Å². The highest BCUT2D eigenvalue weighted by Crippen LogP contribution is 2.32. The van der Waals surface area contributed by atoms with Crippen molar-refractivity contribution >= 4 is 46.3 Å². The third-order valence-corrected chi connectivity index (χ3v) is 5.83. The van der Waals surface area contributed by atoms with Crippen LogP contribution in [0.15, 0.2) is 59.6 Å². The van der Waals surface area contributed by atoms with Crippen LogP contribution in [0.5, 0.6) is 0 Å². The van der Waals surface area contributed by atoms with Gasteiger partial charge in [0.15, 0.2) is 5.50 Å². The molecule has 0 aliphatic carbocycles. The zero-order valence-corrected chi connectivity index (χ0v) is 16.7. The quantitative estimate of drug-likeness (QED) is 0.540. The number of thioether (sulfide) groups is 1. The summed E-state index contributed by atoms with van der Waals surface area (Å²) in [5.74, 6) is -1.05. The number of benzene rings is 2. The number of fused-ring (bicyclic) bond motifs is 1. The van der Waals surface area contributed by atoms with Gasteiger partial charge in [-0.25, -0.2) is 0 Å². The number of amides is 1. The van der Waals surface area contributed by atoms with E-state index in [1.807, 2.05) is 42.5 Å². The summed E-state index contributed by atoms with van der Waals surface area (Å²) < 4.78 is 1.69. The molecule has 29 heavy (non-hydrogen) atoms. The molecule has 0 spiro atoms. The minimum absolute atomic E-state index is 0.124. The summed E-state index contributed by atoms with van der Waals surface area (Å²) in [4.78, 5) is 24.2. The fraction of sp³-hybridized carbons (Fsp3) is 0.182. The van der Waals surface area contributed by atoms with Gasteiger partial charge in [-0.3, -0.25) is 9.59 Å². The summed E-state index contributed by atoms with van der Waals surface area (Å²) in [5, 5.41) is 16.3. The number of hydrogen-bond acceptors (Lipinski definition) is 4. The fourth-order valence-corrected chi connectivity index (χ4v) is 4.34. The van der Waals surface area contributed by atoms with Crippen molar-refractivity contribution in [2.75, 3.05) is 5.32 Å². The number of carbonyl (C=O) groups excluding carboxylic acids is 1. The summed E-state index contributed by atoms with van der Waals surface area (Å²) >= 11 is 1.41. The predicted molar refractivity (Wildman–Crippen MR) is 117 cm³/mol. The number of carboxylic acids is 1. The molecule has 1 unspecified atom stereocenters. The number of aromatic nitrogens is 1. The van der Waals surface area contributed by atoms with E-state index in [-0.39, 0.29) is 17.9 Å². The molecule has 1 amide bonds. The van der Waals surface area contributed by atoms with E-state index in [1.54, 1.807) is 10.8 Å². The van der Waals surface area contributed by atoms with Crippen LogP contribution in [0.1, 0.15) is 18.1 Å². The molecule has 1 aromatic heterocycles. The molecule has 0 bridgehead atoms. The third-order valence-electron chi connectivity index (χ3n) is 4.80. The Bertz CT molecular complexity index is 1100. The molecule has 4 rings (SSSR count). The van der Waals surface area contributed by atoms with E-state index in [0.29, 0.717) is 4.91 Å². The Morgan fingerprint density at radius 1 is 1.24 bits per heavy atom. The molecule has 1 aliphatic rings. The van der Waals surface area contributed by atoms with Gasteiger partial charge in [-0.2, -0.15) is 0 Å². The molecular weight excluding hydrogens is 386 g/mol. The Hall–Kier alpha value is -3.19. The number of carboxylic acid groups (broad SMARTS) is 1. The molecule has 1 saturated heterocycles. The number of carbonyl (C=O) groups is 2. The van der Waals surface area contributed by atoms with Crippen LogP contribution in [-0.4, -0.2) is 27.0 Å². The Kier molecular flexibility index (Phi) is 5.31. The van der Waals surface area contributed by atoms with Crippen LogP contribution < -0.4 is 10.6 Å². The van der Waals surface area contributed by atoms with Crippen molar-refractivity contribution in [3.63, 3.8) is 0 Å². The summed E-state index contributed by atoms with van der Waals surface area (Å²) in [7, 11) is 0. The summed E-state index contributed by atoms with van der Waals surface area (Å²) in [5.41, 5.74) is 3.60. The lowest BCUT2D eigenvalue weighted by molar-refractivity contribution is -0.137. The van der Waals surface area contributed by atoms with E-state index in [2.05, 4.69) is 29.7 Å². The number of anilines is 1. The van der Waals surface area contributed by atoms with Gasteiger partial charge in [0.2, 0.25) is 0 Å². The van der Waals surface area contributed by atoms with Gasteiger partial charge in [-0.1, -0.05) is 49.0 Å². The van der Waals surface area contributed by atoms with Crippen molar-refractivity contribution in [2.24, 2.45) is 0 Å². The van der Waals surface area contributed by atoms with Crippen LogP contribution in [0.25, 0.3) is 17.0 Å². The van der Waals surface area contributed by atoms with Crippen LogP contribution in [0.2, 0.25) is 0 Å². The lowest BCUT2D eigenvalue weighted by Crippen LogP contribution is -2.30. The van der Waals surface area contributed by atoms with Gasteiger partial charge in [0.1, 0.15) is 6.54 Å². The Labute approximate surface area is 172 Å². The first kappa shape index (κ1) is 19.1. The topological polar surface area (TPSA) is 83.4 Å². The smallest absolute Gasteiger partial charge is 0.323 e. The lowest BCUT2D eigenvalue weighted by atomic mass is 10.1. The molecule has 7 heteroatoms. The summed E-state index contributed by atoms with van der Waals surface area (Å²) in [6.45, 7) is 1.99. The molecule has 148 valence electrons. The average molecular weight is 407 g/mol. The summed E-state index contributed by atoms with van der Waals surface area (Å²) in [6.07, 6.45) is 4.59. The van der Waals surface area contributed by atoms with Gasteiger partial charge in [0.05, 0.1) is 4.91 Å². The molecule has 2 heterocycles. The van der Waals surface area contributed by atoms with Gasteiger partial charge in [-0.05, 0) is 36.3 Å². The van der Waals surface area contributed by atoms with Crippen molar-refractivity contribution in [3.8, 4) is 0 Å². The van der Waals surface area contributed by atoms with Crippen molar-refractivity contribution in [2.45, 2.75) is 25.4 Å². The molecule has 1 fully saturated rings. The van der Waals surface area contributed by atoms with Crippen molar-refractivity contribution in [1.29, 1.82) is 0 Å². The van der Waals surface area contributed by atoms with Gasteiger partial charge >= 0.3 is 5.97 Å². The average Bonchev–Trinajstić information content (AvgIpc) is 3.22. The molecular formula is C22H21N3O3S. The number of aryl methyl sites for hydroxylation is 1. The van der Waals surface area contributed by atoms with Crippen molar-refractivity contribution in [3.05, 3.63) is 70.8 Å². The summed E-state index contributed by atoms with van der Waals surface area (Å²) in [6, 6.07) is 15.7. The molecule has 1 aliphatic heterocycles. The van der Waals surface area contributed by atoms with E-state index < -0.39 is 5.97 Å². The number of aliphatic carboxylic acids is 1. The maximum Gasteiger partial charge on any atom is 0.323 e. The molecule has 6 nitrogen and oxygen atoms in total. The number of nitrogens with one attached hydrogen (secondary N) is 2. The van der Waals surface area contributed by atoms with Crippen molar-refractivity contribution in [1.82, 2.24) is 9.88 Å². The molecule has 1 atom stereocenters. The number of para-hydroxylation sites is 1. The standard InChI is InChI=1S/C22H21N3O3S/c1-2-14-7-9-16(10-8-14)23-22-24-21(28)19(29-22)11-15-12-25(13-20(26)27)18-6-4-3-5-17(15)18/h3-12,22-23H,2,13H2,1H3,(H,24,28)(H,26,27). The second kappa shape index (κ2) is 8.05. The largest absolute Gasteiger partial charge is 0.480 e. The highest BCUT2D eigenvalue weighted by atomic mass is 32.2. The van der Waals surface area contributed by atoms with Gasteiger partial charge in [-0.15, -0.1) is 0 Å². The third kappa shape index (κ3) is 4.14. The van der Waals surface area contributed by atoms with Crippen LogP contribution in [0.4, 0.5) is 5.69 Å². The van der Waals surface area contributed by atoms with E-state index >= 15 is 0 Å². The Morgan fingerprint density at radius 2 is 2.00 bits per heavy atom. The fourth-order valence-electron chi connectivity index (χ4n) is 3.36. The Morgan fingerprint density at radius 3 is 2.72 bits per heavy atom. The predicted octanol–water partition coefficient (Wildman–Crippen LogP) is 3.89. The van der Waals surface area contributed by atoms with Gasteiger partial charge < -0.3 is 20.3 Å². The lowest BCUT2D eigenvalue weighted by Gasteiger charge is -2.12. The minimum atomic E-state index is -0.906. The highest BCUT2D eigenvalue weighted by Gasteiger charge is 2.27. The number of hydrogen-bond donors (Lipinski definition) is 3. The van der Waals surface area contributed by atoms with E-state index in [4.69, 9.17) is 5.11 Å². The second-order valence-electron chi connectivity index (χ2n) is 6.80. The second-order valence-corrected chi connectivity index (χ2v) is 7.94. The Balaban J connectivity index is 1.57. The molecule has 3 N–H and O–H groups in total. The van der Waals surface area contributed by atoms with Crippen LogP contribution in [-0.2, 0) is 22.6 Å². The number of rotatable bonds is 6. The minimum Gasteiger partial charge on any atom is -0.480 e. The molecule has 2 aromatic carbocycles. The first-order chi connectivity index (χ1) is 14.0. The molecule has 0 saturated carbocycles. The zero-order chi connectivity index (χ0) is 20.4. The van der Waals surface area contributed by atoms with Crippen LogP contribution in [0.3, 0.4) is 0 Å². The van der Waals surface area contributed by atoms with Crippen LogP contribution >= 0.6 is 11.8 Å². The van der Waals surface area contributed by atoms with E-state index in [1.165, 1.54) is 17.3 Å². The first-order valence-electron chi connectivity index (χ1n) is 9.38. The van der Waals surface area contributed by atoms with Crippen LogP contribution in [0, 0.1) is 0 Å². The van der Waals surface area contributed by atoms with Gasteiger partial charge in [0, 0.05) is 28.4 Å². The zero-order valence-electron chi connectivity index (χ0n) is 15.9. The number of nitrogens with zero attached hydrogens (tertiary/aromatic N) is 1. The maximum atomic E-state index is 12.5. The maximum absolute atomic E-state index is 12.5. The monoisotopic (exact) mass is 407 g/mol.